The quantitative estimate of drug-likeness (QED) is 0.330. The van der Waals surface area contributed by atoms with Gasteiger partial charge in [0.15, 0.2) is 0 Å². The van der Waals surface area contributed by atoms with Crippen LogP contribution in [0.5, 0.6) is 0 Å². The number of nitrogens with zero attached hydrogens (tertiary/aromatic N) is 4. The number of rotatable bonds is 7. The Kier molecular flexibility index (Phi) is 6.36. The van der Waals surface area contributed by atoms with E-state index in [-0.39, 0.29) is 17.1 Å². The number of unbranched alkanes of at least 4 members (excludes halogenated alkanes) is 2. The summed E-state index contributed by atoms with van der Waals surface area (Å²) in [5.41, 5.74) is 2.77. The number of carbonyl (C=O) groups is 2. The smallest absolute Gasteiger partial charge is 0.268 e. The summed E-state index contributed by atoms with van der Waals surface area (Å²) in [4.78, 5) is 28.2. The molecule has 0 atom stereocenters. The molecule has 3 aromatic rings. The van der Waals surface area contributed by atoms with Crippen molar-refractivity contribution in [1.82, 2.24) is 9.78 Å². The zero-order valence-electron chi connectivity index (χ0n) is 18.7. The van der Waals surface area contributed by atoms with Crippen LogP contribution in [-0.4, -0.2) is 28.1 Å². The van der Waals surface area contributed by atoms with Crippen LogP contribution in [0, 0.1) is 18.3 Å². The van der Waals surface area contributed by atoms with Crippen molar-refractivity contribution in [3.63, 3.8) is 0 Å². The number of fused-ring (bicyclic) bond motifs is 1. The minimum absolute atomic E-state index is 0.143. The van der Waals surface area contributed by atoms with E-state index in [2.05, 4.69) is 17.3 Å². The van der Waals surface area contributed by atoms with Gasteiger partial charge in [0.25, 0.3) is 11.8 Å². The van der Waals surface area contributed by atoms with E-state index in [1.54, 1.807) is 21.7 Å². The number of nitriles is 1. The van der Waals surface area contributed by atoms with Crippen LogP contribution in [-0.2, 0) is 9.59 Å². The van der Waals surface area contributed by atoms with Gasteiger partial charge in [-0.1, -0.05) is 56.2 Å². The van der Waals surface area contributed by atoms with Gasteiger partial charge in [-0.3, -0.25) is 9.59 Å². The molecule has 0 unspecified atom stereocenters. The first-order chi connectivity index (χ1) is 16.0. The summed E-state index contributed by atoms with van der Waals surface area (Å²) in [5.74, 6) is -0.523. The molecule has 0 saturated carbocycles. The van der Waals surface area contributed by atoms with Crippen LogP contribution < -0.4 is 10.2 Å². The number of aromatic nitrogens is 2. The average molecular weight is 440 g/mol. The maximum atomic E-state index is 13.3. The lowest BCUT2D eigenvalue weighted by molar-refractivity contribution is -0.114. The number of amides is 2. The van der Waals surface area contributed by atoms with Crippen molar-refractivity contribution in [1.29, 1.82) is 5.26 Å². The van der Waals surface area contributed by atoms with Crippen LogP contribution >= 0.6 is 0 Å². The summed E-state index contributed by atoms with van der Waals surface area (Å²) in [7, 11) is 0. The fraction of sp³-hybridized carbons (Fsp3) is 0.231. The standard InChI is InChI=1S/C26H25N5O2/c1-3-4-10-15-30-22-14-9-8-13-20(22)24(26(30)33)21(17-27)25(32)28-23-16-18(2)29-31(23)19-11-6-5-7-12-19/h5-9,11-14,16H,3-4,10,15H2,1-2H3,(H,28,32). The van der Waals surface area contributed by atoms with Gasteiger partial charge in [-0.15, -0.1) is 0 Å². The molecule has 2 aromatic carbocycles. The van der Waals surface area contributed by atoms with E-state index >= 15 is 0 Å². The van der Waals surface area contributed by atoms with E-state index in [1.165, 1.54) is 0 Å². The van der Waals surface area contributed by atoms with Gasteiger partial charge in [0.1, 0.15) is 17.5 Å². The molecule has 2 heterocycles. The Bertz CT molecular complexity index is 1270. The molecular formula is C26H25N5O2. The maximum Gasteiger partial charge on any atom is 0.268 e. The number of hydrogen-bond donors (Lipinski definition) is 1. The lowest BCUT2D eigenvalue weighted by Crippen LogP contribution is -2.28. The van der Waals surface area contributed by atoms with Crippen LogP contribution in [0.4, 0.5) is 11.5 Å². The molecule has 1 aliphatic heterocycles. The van der Waals surface area contributed by atoms with E-state index in [0.717, 1.165) is 30.6 Å². The van der Waals surface area contributed by atoms with E-state index in [9.17, 15) is 14.9 Å². The first-order valence-electron chi connectivity index (χ1n) is 11.0. The molecule has 4 rings (SSSR count). The Morgan fingerprint density at radius 1 is 1.09 bits per heavy atom. The fourth-order valence-corrected chi connectivity index (χ4v) is 4.02. The molecule has 1 N–H and O–H groups in total. The molecule has 0 aliphatic carbocycles. The molecule has 7 heteroatoms. The Hall–Kier alpha value is -4.18. The first-order valence-corrected chi connectivity index (χ1v) is 11.0. The van der Waals surface area contributed by atoms with Crippen molar-refractivity contribution < 1.29 is 9.59 Å². The first kappa shape index (κ1) is 22.0. The Labute approximate surface area is 192 Å². The van der Waals surface area contributed by atoms with Gasteiger partial charge in [-0.05, 0) is 31.5 Å². The summed E-state index contributed by atoms with van der Waals surface area (Å²) in [6.45, 7) is 4.47. The lowest BCUT2D eigenvalue weighted by Gasteiger charge is -2.16. The van der Waals surface area contributed by atoms with Crippen LogP contribution in [0.25, 0.3) is 11.3 Å². The number of carbonyl (C=O) groups excluding carboxylic acids is 2. The molecule has 0 bridgehead atoms. The number of hydrogen-bond acceptors (Lipinski definition) is 4. The molecule has 166 valence electrons. The van der Waals surface area contributed by atoms with Crippen LogP contribution in [0.2, 0.25) is 0 Å². The number of anilines is 2. The number of para-hydroxylation sites is 2. The highest BCUT2D eigenvalue weighted by Crippen LogP contribution is 2.38. The van der Waals surface area contributed by atoms with Gasteiger partial charge in [0.2, 0.25) is 0 Å². The third-order valence-electron chi connectivity index (χ3n) is 5.57. The summed E-state index contributed by atoms with van der Waals surface area (Å²) < 4.78 is 1.61. The normalized spacial score (nSPS) is 14.1. The van der Waals surface area contributed by atoms with Crippen molar-refractivity contribution in [2.45, 2.75) is 33.1 Å². The van der Waals surface area contributed by atoms with Gasteiger partial charge in [0, 0.05) is 18.2 Å². The molecule has 0 spiro atoms. The Morgan fingerprint density at radius 3 is 2.55 bits per heavy atom. The zero-order valence-corrected chi connectivity index (χ0v) is 18.7. The molecule has 0 fully saturated rings. The van der Waals surface area contributed by atoms with E-state index < -0.39 is 5.91 Å². The van der Waals surface area contributed by atoms with Crippen molar-refractivity contribution in [2.24, 2.45) is 0 Å². The average Bonchev–Trinajstić information content (AvgIpc) is 3.32. The minimum Gasteiger partial charge on any atom is -0.308 e. The van der Waals surface area contributed by atoms with Crippen molar-refractivity contribution in [2.75, 3.05) is 16.8 Å². The lowest BCUT2D eigenvalue weighted by atomic mass is 10.0. The van der Waals surface area contributed by atoms with Crippen molar-refractivity contribution in [3.05, 3.63) is 77.5 Å². The second-order valence-corrected chi connectivity index (χ2v) is 7.92. The third-order valence-corrected chi connectivity index (χ3v) is 5.57. The molecule has 0 radical (unpaired) electrons. The molecule has 1 aliphatic rings. The van der Waals surface area contributed by atoms with Crippen LogP contribution in [0.3, 0.4) is 0 Å². The van der Waals surface area contributed by atoms with Crippen LogP contribution in [0.15, 0.2) is 66.2 Å². The van der Waals surface area contributed by atoms with Gasteiger partial charge in [0.05, 0.1) is 22.6 Å². The van der Waals surface area contributed by atoms with Crippen LogP contribution in [0.1, 0.15) is 37.4 Å². The van der Waals surface area contributed by atoms with Gasteiger partial charge >= 0.3 is 0 Å². The predicted octanol–water partition coefficient (Wildman–Crippen LogP) is 4.63. The van der Waals surface area contributed by atoms with E-state index in [0.29, 0.717) is 23.6 Å². The molecule has 7 nitrogen and oxygen atoms in total. The highest BCUT2D eigenvalue weighted by molar-refractivity contribution is 6.37. The van der Waals surface area contributed by atoms with Gasteiger partial charge < -0.3 is 10.2 Å². The summed E-state index contributed by atoms with van der Waals surface area (Å²) in [6, 6.07) is 20.4. The molecule has 0 saturated heterocycles. The Balaban J connectivity index is 1.70. The molecule has 33 heavy (non-hydrogen) atoms. The maximum absolute atomic E-state index is 13.3. The Morgan fingerprint density at radius 2 is 1.82 bits per heavy atom. The van der Waals surface area contributed by atoms with E-state index in [4.69, 9.17) is 0 Å². The largest absolute Gasteiger partial charge is 0.308 e. The van der Waals surface area contributed by atoms with Crippen molar-refractivity contribution >= 4 is 28.9 Å². The molecule has 2 amide bonds. The predicted molar refractivity (Wildman–Crippen MR) is 128 cm³/mol. The molecule has 1 aromatic heterocycles. The SMILES string of the molecule is CCCCCN1C(=O)C(=C(C#N)C(=O)Nc2cc(C)nn2-c2ccccc2)c2ccccc21. The fourth-order valence-electron chi connectivity index (χ4n) is 4.02. The monoisotopic (exact) mass is 439 g/mol. The van der Waals surface area contributed by atoms with Gasteiger partial charge in [-0.2, -0.15) is 10.4 Å². The summed E-state index contributed by atoms with van der Waals surface area (Å²) >= 11 is 0. The molecular weight excluding hydrogens is 414 g/mol. The number of benzene rings is 2. The second kappa shape index (κ2) is 9.53. The number of nitrogens with one attached hydrogen (secondary N) is 1. The van der Waals surface area contributed by atoms with Crippen molar-refractivity contribution in [3.8, 4) is 11.8 Å². The van der Waals surface area contributed by atoms with Gasteiger partial charge in [-0.25, -0.2) is 4.68 Å². The highest BCUT2D eigenvalue weighted by Gasteiger charge is 2.36. The second-order valence-electron chi connectivity index (χ2n) is 7.92. The third kappa shape index (κ3) is 4.28. The van der Waals surface area contributed by atoms with E-state index in [1.807, 2.05) is 61.5 Å². The topological polar surface area (TPSA) is 91.0 Å². The number of aryl methyl sites for hydroxylation is 1. The highest BCUT2D eigenvalue weighted by atomic mass is 16.2. The minimum atomic E-state index is -0.636. The zero-order chi connectivity index (χ0) is 23.4. The summed E-state index contributed by atoms with van der Waals surface area (Å²) in [5, 5.41) is 17.1. The summed E-state index contributed by atoms with van der Waals surface area (Å²) in [6.07, 6.45) is 2.89.